The highest BCUT2D eigenvalue weighted by Crippen LogP contribution is 2.42. The van der Waals surface area contributed by atoms with Gasteiger partial charge in [-0.3, -0.25) is 0 Å². The number of benzene rings is 2. The van der Waals surface area contributed by atoms with Crippen molar-refractivity contribution in [2.24, 2.45) is 0 Å². The Morgan fingerprint density at radius 3 is 1.73 bits per heavy atom. The van der Waals surface area contributed by atoms with Crippen LogP contribution in [0, 0.1) is 5.82 Å². The van der Waals surface area contributed by atoms with Gasteiger partial charge in [-0.25, -0.2) is 9.18 Å². The van der Waals surface area contributed by atoms with Crippen LogP contribution >= 0.6 is 0 Å². The monoisotopic (exact) mass is 358 g/mol. The van der Waals surface area contributed by atoms with Crippen molar-refractivity contribution in [2.45, 2.75) is 52.4 Å². The average Bonchev–Trinajstić information content (AvgIpc) is 2.53. The van der Waals surface area contributed by atoms with Crippen molar-refractivity contribution in [3.8, 4) is 11.5 Å². The molecule has 0 N–H and O–H groups in total. The van der Waals surface area contributed by atoms with Gasteiger partial charge in [-0.15, -0.1) is 0 Å². The van der Waals surface area contributed by atoms with E-state index >= 15 is 0 Å². The minimum Gasteiger partial charge on any atom is -0.497 e. The molecule has 0 fully saturated rings. The fraction of sp³-hybridized carbons (Fsp3) is 0.409. The molecule has 0 atom stereocenters. The number of carbonyl (C=O) groups is 1. The zero-order valence-corrected chi connectivity index (χ0v) is 16.6. The Morgan fingerprint density at radius 1 is 0.885 bits per heavy atom. The third-order valence-electron chi connectivity index (χ3n) is 4.19. The van der Waals surface area contributed by atoms with Gasteiger partial charge in [0.1, 0.15) is 17.3 Å². The standard InChI is InChI=1S/C22H27FO3/c1-21(2,3)17-12-16(25-7)13-18(22(4,5)6)19(17)26-20(24)14-8-10-15(23)11-9-14/h8-13H,1-7H3. The minimum absolute atomic E-state index is 0.257. The van der Waals surface area contributed by atoms with E-state index in [2.05, 4.69) is 41.5 Å². The second kappa shape index (κ2) is 7.10. The summed E-state index contributed by atoms with van der Waals surface area (Å²) in [6, 6.07) is 9.16. The lowest BCUT2D eigenvalue weighted by Crippen LogP contribution is -2.22. The quantitative estimate of drug-likeness (QED) is 0.525. The van der Waals surface area contributed by atoms with E-state index in [4.69, 9.17) is 9.47 Å². The van der Waals surface area contributed by atoms with Gasteiger partial charge in [-0.2, -0.15) is 0 Å². The van der Waals surface area contributed by atoms with Gasteiger partial charge in [-0.1, -0.05) is 41.5 Å². The van der Waals surface area contributed by atoms with Gasteiger partial charge >= 0.3 is 5.97 Å². The van der Waals surface area contributed by atoms with E-state index in [1.54, 1.807) is 7.11 Å². The highest BCUT2D eigenvalue weighted by atomic mass is 19.1. The Balaban J connectivity index is 2.60. The Labute approximate surface area is 155 Å². The van der Waals surface area contributed by atoms with Crippen LogP contribution in [0.3, 0.4) is 0 Å². The van der Waals surface area contributed by atoms with Crippen molar-refractivity contribution in [1.29, 1.82) is 0 Å². The first-order valence-electron chi connectivity index (χ1n) is 8.64. The van der Waals surface area contributed by atoms with Crippen molar-refractivity contribution in [2.75, 3.05) is 7.11 Å². The smallest absolute Gasteiger partial charge is 0.343 e. The molecule has 0 amide bonds. The summed E-state index contributed by atoms with van der Waals surface area (Å²) in [6.07, 6.45) is 0. The molecule has 4 heteroatoms. The highest BCUT2D eigenvalue weighted by molar-refractivity contribution is 5.91. The zero-order chi connectivity index (χ0) is 19.7. The molecule has 0 aromatic heterocycles. The van der Waals surface area contributed by atoms with Gasteiger partial charge in [0.25, 0.3) is 0 Å². The van der Waals surface area contributed by atoms with Crippen LogP contribution in [0.25, 0.3) is 0 Å². The molecule has 0 aliphatic rings. The van der Waals surface area contributed by atoms with Crippen LogP contribution in [0.1, 0.15) is 63.0 Å². The van der Waals surface area contributed by atoms with E-state index in [1.807, 2.05) is 12.1 Å². The van der Waals surface area contributed by atoms with Crippen molar-refractivity contribution >= 4 is 5.97 Å². The maximum Gasteiger partial charge on any atom is 0.343 e. The van der Waals surface area contributed by atoms with Gasteiger partial charge < -0.3 is 9.47 Å². The summed E-state index contributed by atoms with van der Waals surface area (Å²) >= 11 is 0. The van der Waals surface area contributed by atoms with E-state index in [0.29, 0.717) is 11.3 Å². The molecule has 0 bridgehead atoms. The number of hydrogen-bond acceptors (Lipinski definition) is 3. The molecule has 3 nitrogen and oxygen atoms in total. The van der Waals surface area contributed by atoms with Crippen LogP contribution in [0.15, 0.2) is 36.4 Å². The molecule has 0 radical (unpaired) electrons. The molecule has 0 spiro atoms. The molecule has 0 heterocycles. The lowest BCUT2D eigenvalue weighted by molar-refractivity contribution is 0.0728. The third kappa shape index (κ3) is 4.43. The lowest BCUT2D eigenvalue weighted by Gasteiger charge is -2.29. The van der Waals surface area contributed by atoms with Gasteiger partial charge in [0, 0.05) is 11.1 Å². The summed E-state index contributed by atoms with van der Waals surface area (Å²) in [4.78, 5) is 12.7. The number of esters is 1. The van der Waals surface area contributed by atoms with E-state index in [9.17, 15) is 9.18 Å². The fourth-order valence-electron chi connectivity index (χ4n) is 2.68. The maximum atomic E-state index is 13.1. The van der Waals surface area contributed by atoms with Crippen molar-refractivity contribution < 1.29 is 18.7 Å². The molecular weight excluding hydrogens is 331 g/mol. The van der Waals surface area contributed by atoms with E-state index in [-0.39, 0.29) is 10.8 Å². The Morgan fingerprint density at radius 2 is 1.35 bits per heavy atom. The van der Waals surface area contributed by atoms with Crippen molar-refractivity contribution in [3.63, 3.8) is 0 Å². The molecule has 0 saturated carbocycles. The number of rotatable bonds is 3. The molecule has 2 aromatic rings. The topological polar surface area (TPSA) is 35.5 Å². The molecule has 0 saturated heterocycles. The number of carbonyl (C=O) groups excluding carboxylic acids is 1. The highest BCUT2D eigenvalue weighted by Gasteiger charge is 2.29. The zero-order valence-electron chi connectivity index (χ0n) is 16.6. The van der Waals surface area contributed by atoms with Crippen LogP contribution in [0.4, 0.5) is 4.39 Å². The van der Waals surface area contributed by atoms with E-state index in [0.717, 1.165) is 16.9 Å². The number of methoxy groups -OCH3 is 1. The van der Waals surface area contributed by atoms with Crippen LogP contribution in [-0.4, -0.2) is 13.1 Å². The first-order chi connectivity index (χ1) is 11.9. The van der Waals surface area contributed by atoms with Crippen LogP contribution in [-0.2, 0) is 10.8 Å². The second-order valence-corrected chi connectivity index (χ2v) is 8.45. The van der Waals surface area contributed by atoms with Gasteiger partial charge in [0.2, 0.25) is 0 Å². The van der Waals surface area contributed by atoms with E-state index < -0.39 is 11.8 Å². The first-order valence-corrected chi connectivity index (χ1v) is 8.64. The maximum absolute atomic E-state index is 13.1. The number of hydrogen-bond donors (Lipinski definition) is 0. The fourth-order valence-corrected chi connectivity index (χ4v) is 2.68. The average molecular weight is 358 g/mol. The number of ether oxygens (including phenoxy) is 2. The van der Waals surface area contributed by atoms with Crippen LogP contribution in [0.5, 0.6) is 11.5 Å². The molecule has 2 aromatic carbocycles. The van der Waals surface area contributed by atoms with Crippen molar-refractivity contribution in [3.05, 3.63) is 58.9 Å². The molecule has 26 heavy (non-hydrogen) atoms. The van der Waals surface area contributed by atoms with Crippen LogP contribution < -0.4 is 9.47 Å². The minimum atomic E-state index is -0.508. The predicted octanol–water partition coefficient (Wildman–Crippen LogP) is 5.65. The van der Waals surface area contributed by atoms with Crippen molar-refractivity contribution in [1.82, 2.24) is 0 Å². The second-order valence-electron chi connectivity index (χ2n) is 8.45. The molecule has 0 aliphatic heterocycles. The Hall–Kier alpha value is -2.36. The molecule has 0 unspecified atom stereocenters. The Kier molecular flexibility index (Phi) is 5.45. The summed E-state index contributed by atoms with van der Waals surface area (Å²) in [5.41, 5.74) is 1.57. The Bertz CT molecular complexity index is 759. The summed E-state index contributed by atoms with van der Waals surface area (Å²) in [7, 11) is 1.62. The van der Waals surface area contributed by atoms with Crippen LogP contribution in [0.2, 0.25) is 0 Å². The first kappa shape index (κ1) is 20.0. The van der Waals surface area contributed by atoms with Gasteiger partial charge in [0.05, 0.1) is 12.7 Å². The van der Waals surface area contributed by atoms with Gasteiger partial charge in [0.15, 0.2) is 0 Å². The molecule has 140 valence electrons. The van der Waals surface area contributed by atoms with Gasteiger partial charge in [-0.05, 0) is 47.2 Å². The summed E-state index contributed by atoms with van der Waals surface area (Å²) in [5.74, 6) is 0.365. The predicted molar refractivity (Wildman–Crippen MR) is 102 cm³/mol. The summed E-state index contributed by atoms with van der Waals surface area (Å²) in [5, 5.41) is 0. The largest absolute Gasteiger partial charge is 0.497 e. The molecule has 0 aliphatic carbocycles. The normalized spacial score (nSPS) is 12.0. The molecular formula is C22H27FO3. The molecule has 2 rings (SSSR count). The summed E-state index contributed by atoms with van der Waals surface area (Å²) < 4.78 is 24.4. The number of halogens is 1. The van der Waals surface area contributed by atoms with E-state index in [1.165, 1.54) is 24.3 Å². The summed E-state index contributed by atoms with van der Waals surface area (Å²) in [6.45, 7) is 12.4. The third-order valence-corrected chi connectivity index (χ3v) is 4.19. The SMILES string of the molecule is COc1cc(C(C)(C)C)c(OC(=O)c2ccc(F)cc2)c(C(C)(C)C)c1. The lowest BCUT2D eigenvalue weighted by atomic mass is 9.79.